The molecule has 5 nitrogen and oxygen atoms in total. The Kier molecular flexibility index (Phi) is 2.54. The molecular weight excluding hydrogens is 156 g/mol. The zero-order valence-electron chi connectivity index (χ0n) is 7.12. The van der Waals surface area contributed by atoms with Gasteiger partial charge in [0.15, 0.2) is 5.82 Å². The molecule has 0 fully saturated rings. The zero-order valence-corrected chi connectivity index (χ0v) is 7.12. The third-order valence-corrected chi connectivity index (χ3v) is 1.79. The van der Waals surface area contributed by atoms with Gasteiger partial charge in [-0.05, 0) is 6.92 Å². The topological polar surface area (TPSA) is 90.1 Å². The first kappa shape index (κ1) is 8.86. The van der Waals surface area contributed by atoms with E-state index in [1.165, 1.54) is 0 Å². The summed E-state index contributed by atoms with van der Waals surface area (Å²) in [5.74, 6) is 0.979. The van der Waals surface area contributed by atoms with Crippen LogP contribution in [0.3, 0.4) is 0 Å². The number of hydrogen-bond donors (Lipinski definition) is 3. The molecule has 1 heterocycles. The van der Waals surface area contributed by atoms with Crippen LogP contribution in [0.1, 0.15) is 12.5 Å². The largest absolute Gasteiger partial charge is 0.396 e. The molecular formula is C7H14N4O. The van der Waals surface area contributed by atoms with Crippen LogP contribution in [0.2, 0.25) is 0 Å². The number of rotatable bonds is 3. The summed E-state index contributed by atoms with van der Waals surface area (Å²) >= 11 is 0. The second-order valence-corrected chi connectivity index (χ2v) is 2.54. The number of aryl methyl sites for hydroxylation is 1. The fourth-order valence-electron chi connectivity index (χ4n) is 1.14. The van der Waals surface area contributed by atoms with Gasteiger partial charge < -0.3 is 16.6 Å². The van der Waals surface area contributed by atoms with Crippen molar-refractivity contribution < 1.29 is 5.11 Å². The van der Waals surface area contributed by atoms with E-state index in [0.29, 0.717) is 24.6 Å². The molecule has 1 aromatic rings. The van der Waals surface area contributed by atoms with Crippen molar-refractivity contribution >= 4 is 11.6 Å². The van der Waals surface area contributed by atoms with Gasteiger partial charge >= 0.3 is 0 Å². The fourth-order valence-corrected chi connectivity index (χ4v) is 1.14. The highest BCUT2D eigenvalue weighted by atomic mass is 16.3. The minimum atomic E-state index is 0.0454. The van der Waals surface area contributed by atoms with Gasteiger partial charge in [0.1, 0.15) is 5.82 Å². The van der Waals surface area contributed by atoms with Crippen LogP contribution >= 0.6 is 0 Å². The molecule has 0 bridgehead atoms. The van der Waals surface area contributed by atoms with E-state index in [9.17, 15) is 0 Å². The van der Waals surface area contributed by atoms with Gasteiger partial charge in [-0.15, -0.1) is 0 Å². The summed E-state index contributed by atoms with van der Waals surface area (Å²) < 4.78 is 1.63. The van der Waals surface area contributed by atoms with Crippen LogP contribution in [0.25, 0.3) is 0 Å². The molecule has 0 saturated carbocycles. The Morgan fingerprint density at radius 1 is 1.50 bits per heavy atom. The average molecular weight is 170 g/mol. The number of aliphatic hydroxyl groups excluding tert-OH is 1. The molecule has 0 spiro atoms. The van der Waals surface area contributed by atoms with E-state index < -0.39 is 0 Å². The number of nitrogen functional groups attached to an aromatic ring is 2. The Morgan fingerprint density at radius 3 is 2.58 bits per heavy atom. The van der Waals surface area contributed by atoms with Crippen LogP contribution in [-0.4, -0.2) is 21.5 Å². The molecule has 0 aliphatic carbocycles. The second-order valence-electron chi connectivity index (χ2n) is 2.54. The molecule has 5 N–H and O–H groups in total. The first-order chi connectivity index (χ1) is 5.70. The maximum atomic E-state index is 8.70. The predicted octanol–water partition coefficient (Wildman–Crippen LogP) is -0.398. The van der Waals surface area contributed by atoms with E-state index in [4.69, 9.17) is 16.6 Å². The molecule has 0 aliphatic heterocycles. The zero-order chi connectivity index (χ0) is 9.14. The minimum Gasteiger partial charge on any atom is -0.396 e. The molecule has 12 heavy (non-hydrogen) atoms. The van der Waals surface area contributed by atoms with Crippen LogP contribution in [0, 0.1) is 0 Å². The summed E-state index contributed by atoms with van der Waals surface area (Å²) in [5, 5.41) is 12.7. The van der Waals surface area contributed by atoms with Crippen molar-refractivity contribution in [1.29, 1.82) is 0 Å². The van der Waals surface area contributed by atoms with E-state index in [2.05, 4.69) is 5.10 Å². The van der Waals surface area contributed by atoms with Crippen LogP contribution in [0.5, 0.6) is 0 Å². The van der Waals surface area contributed by atoms with E-state index in [-0.39, 0.29) is 6.61 Å². The highest BCUT2D eigenvalue weighted by Crippen LogP contribution is 2.18. The highest BCUT2D eigenvalue weighted by molar-refractivity contribution is 5.54. The Bertz CT molecular complexity index is 269. The second kappa shape index (κ2) is 3.44. The Hall–Kier alpha value is -1.23. The Morgan fingerprint density at radius 2 is 2.17 bits per heavy atom. The van der Waals surface area contributed by atoms with Crippen molar-refractivity contribution in [2.45, 2.75) is 19.9 Å². The molecule has 0 atom stereocenters. The lowest BCUT2D eigenvalue weighted by atomic mass is 10.2. The van der Waals surface area contributed by atoms with Gasteiger partial charge in [-0.25, -0.2) is 4.68 Å². The average Bonchev–Trinajstić information content (AvgIpc) is 2.32. The normalized spacial score (nSPS) is 10.5. The number of aliphatic hydroxyl groups is 1. The molecule has 5 heteroatoms. The van der Waals surface area contributed by atoms with Crippen molar-refractivity contribution in [1.82, 2.24) is 9.78 Å². The van der Waals surface area contributed by atoms with Crippen LogP contribution in [0.15, 0.2) is 0 Å². The molecule has 0 amide bonds. The fraction of sp³-hybridized carbons (Fsp3) is 0.571. The lowest BCUT2D eigenvalue weighted by Crippen LogP contribution is -2.03. The van der Waals surface area contributed by atoms with Crippen molar-refractivity contribution in [2.24, 2.45) is 0 Å². The maximum Gasteiger partial charge on any atom is 0.150 e. The van der Waals surface area contributed by atoms with Gasteiger partial charge in [0.05, 0.1) is 0 Å². The smallest absolute Gasteiger partial charge is 0.150 e. The third-order valence-electron chi connectivity index (χ3n) is 1.79. The summed E-state index contributed by atoms with van der Waals surface area (Å²) in [4.78, 5) is 0. The lowest BCUT2D eigenvalue weighted by molar-refractivity contribution is 0.300. The summed E-state index contributed by atoms with van der Waals surface area (Å²) in [6.45, 7) is 2.68. The van der Waals surface area contributed by atoms with E-state index >= 15 is 0 Å². The van der Waals surface area contributed by atoms with Crippen molar-refractivity contribution in [3.8, 4) is 0 Å². The number of anilines is 2. The van der Waals surface area contributed by atoms with Crippen LogP contribution in [0.4, 0.5) is 11.6 Å². The Labute approximate surface area is 71.0 Å². The number of nitrogens with zero attached hydrogens (tertiary/aromatic N) is 2. The third kappa shape index (κ3) is 1.35. The number of hydrogen-bond acceptors (Lipinski definition) is 4. The first-order valence-electron chi connectivity index (χ1n) is 3.92. The molecule has 1 rings (SSSR count). The number of aromatic nitrogens is 2. The summed E-state index contributed by atoms with van der Waals surface area (Å²) in [7, 11) is 0. The molecule has 68 valence electrons. The summed E-state index contributed by atoms with van der Waals surface area (Å²) in [5.41, 5.74) is 12.0. The molecule has 0 radical (unpaired) electrons. The van der Waals surface area contributed by atoms with Crippen molar-refractivity contribution in [3.05, 3.63) is 5.56 Å². The van der Waals surface area contributed by atoms with Gasteiger partial charge in [0.25, 0.3) is 0 Å². The molecule has 0 saturated heterocycles. The SMILES string of the molecule is CCn1nc(N)c(CCO)c1N. The molecule has 0 unspecified atom stereocenters. The van der Waals surface area contributed by atoms with Gasteiger partial charge in [0.2, 0.25) is 0 Å². The van der Waals surface area contributed by atoms with E-state index in [0.717, 1.165) is 5.56 Å². The highest BCUT2D eigenvalue weighted by Gasteiger charge is 2.10. The van der Waals surface area contributed by atoms with Crippen LogP contribution in [-0.2, 0) is 13.0 Å². The molecule has 0 aliphatic rings. The minimum absolute atomic E-state index is 0.0454. The monoisotopic (exact) mass is 170 g/mol. The van der Waals surface area contributed by atoms with Gasteiger partial charge in [-0.2, -0.15) is 5.10 Å². The summed E-state index contributed by atoms with van der Waals surface area (Å²) in [6, 6.07) is 0. The predicted molar refractivity (Wildman–Crippen MR) is 47.5 cm³/mol. The van der Waals surface area contributed by atoms with E-state index in [1.54, 1.807) is 4.68 Å². The van der Waals surface area contributed by atoms with Crippen molar-refractivity contribution in [2.75, 3.05) is 18.1 Å². The standard InChI is InChI=1S/C7H14N4O/c1-2-11-7(9)5(3-4-12)6(8)10-11/h12H,2-4,9H2,1H3,(H2,8,10). The quantitative estimate of drug-likeness (QED) is 0.576. The van der Waals surface area contributed by atoms with Gasteiger partial charge in [-0.1, -0.05) is 0 Å². The molecule has 1 aromatic heterocycles. The molecule has 0 aromatic carbocycles. The summed E-state index contributed by atoms with van der Waals surface area (Å²) in [6.07, 6.45) is 0.470. The van der Waals surface area contributed by atoms with Crippen molar-refractivity contribution in [3.63, 3.8) is 0 Å². The maximum absolute atomic E-state index is 8.70. The first-order valence-corrected chi connectivity index (χ1v) is 3.92. The van der Waals surface area contributed by atoms with Gasteiger partial charge in [0, 0.05) is 25.1 Å². The Balaban J connectivity index is 3.01. The van der Waals surface area contributed by atoms with E-state index in [1.807, 2.05) is 6.92 Å². The van der Waals surface area contributed by atoms with Crippen LogP contribution < -0.4 is 11.5 Å². The van der Waals surface area contributed by atoms with Gasteiger partial charge in [-0.3, -0.25) is 0 Å². The lowest BCUT2D eigenvalue weighted by Gasteiger charge is -1.99. The number of nitrogens with two attached hydrogens (primary N) is 2.